The summed E-state index contributed by atoms with van der Waals surface area (Å²) in [7, 11) is 0. The van der Waals surface area contributed by atoms with Crippen molar-refractivity contribution in [1.82, 2.24) is 19.4 Å². The zero-order valence-corrected chi connectivity index (χ0v) is 19.2. The Kier molecular flexibility index (Phi) is 7.06. The molecule has 0 spiro atoms. The first kappa shape index (κ1) is 22.6. The lowest BCUT2D eigenvalue weighted by Gasteiger charge is -2.34. The second kappa shape index (κ2) is 10.3. The van der Waals surface area contributed by atoms with Gasteiger partial charge in [0.05, 0.1) is 23.7 Å². The van der Waals surface area contributed by atoms with Crippen molar-refractivity contribution in [2.75, 3.05) is 26.2 Å². The maximum absolute atomic E-state index is 12.6. The minimum Gasteiger partial charge on any atom is -0.445 e. The van der Waals surface area contributed by atoms with Crippen molar-refractivity contribution in [2.24, 2.45) is 0 Å². The van der Waals surface area contributed by atoms with Gasteiger partial charge in [-0.15, -0.1) is 0 Å². The number of amides is 1. The van der Waals surface area contributed by atoms with Crippen molar-refractivity contribution in [2.45, 2.75) is 33.5 Å². The molecule has 1 amide bonds. The van der Waals surface area contributed by atoms with Crippen LogP contribution in [0.5, 0.6) is 0 Å². The lowest BCUT2D eigenvalue weighted by atomic mass is 10.0. The van der Waals surface area contributed by atoms with Gasteiger partial charge in [0.2, 0.25) is 0 Å². The molecule has 0 atom stereocenters. The summed E-state index contributed by atoms with van der Waals surface area (Å²) < 4.78 is 7.74. The van der Waals surface area contributed by atoms with Crippen molar-refractivity contribution < 1.29 is 9.53 Å². The molecular formula is C26H29N5O2. The average molecular weight is 444 g/mol. The van der Waals surface area contributed by atoms with Crippen LogP contribution in [-0.2, 0) is 24.4 Å². The van der Waals surface area contributed by atoms with Gasteiger partial charge in [0.25, 0.3) is 0 Å². The van der Waals surface area contributed by atoms with Crippen molar-refractivity contribution >= 4 is 6.09 Å². The maximum atomic E-state index is 12.6. The third kappa shape index (κ3) is 5.60. The summed E-state index contributed by atoms with van der Waals surface area (Å²) in [5, 5.41) is 8.97. The lowest BCUT2D eigenvalue weighted by molar-refractivity contribution is 0.0693. The third-order valence-corrected chi connectivity index (χ3v) is 6.24. The van der Waals surface area contributed by atoms with Gasteiger partial charge < -0.3 is 14.2 Å². The fourth-order valence-corrected chi connectivity index (χ4v) is 4.12. The van der Waals surface area contributed by atoms with E-state index >= 15 is 0 Å². The van der Waals surface area contributed by atoms with Crippen LogP contribution in [0.25, 0.3) is 0 Å². The Morgan fingerprint density at radius 3 is 2.39 bits per heavy atom. The van der Waals surface area contributed by atoms with Crippen molar-refractivity contribution in [1.29, 1.82) is 5.26 Å². The Morgan fingerprint density at radius 1 is 1.03 bits per heavy atom. The molecule has 1 saturated heterocycles. The first-order valence-corrected chi connectivity index (χ1v) is 11.2. The topological polar surface area (TPSA) is 74.4 Å². The number of carbonyl (C=O) groups is 1. The molecule has 0 N–H and O–H groups in total. The summed E-state index contributed by atoms with van der Waals surface area (Å²) in [5.74, 6) is 0. The van der Waals surface area contributed by atoms with E-state index in [1.807, 2.05) is 68.8 Å². The number of carbonyl (C=O) groups excluding carboxylic acids is 1. The molecule has 0 aliphatic carbocycles. The number of rotatable bonds is 6. The van der Waals surface area contributed by atoms with Crippen LogP contribution in [-0.4, -0.2) is 51.6 Å². The normalized spacial score (nSPS) is 14.2. The molecule has 2 heterocycles. The van der Waals surface area contributed by atoms with Crippen molar-refractivity contribution in [3.63, 3.8) is 0 Å². The fourth-order valence-electron chi connectivity index (χ4n) is 4.12. The zero-order chi connectivity index (χ0) is 23.2. The fraction of sp³-hybridized carbons (Fsp3) is 0.346. The molecule has 1 aliphatic rings. The van der Waals surface area contributed by atoms with Crippen LogP contribution in [0.1, 0.15) is 33.5 Å². The standard InChI is InChI=1S/C26H29N5O2/c1-20-4-3-5-21(2)25(20)18-33-26(32)30-12-10-29(11-13-30)17-24-15-28-19-31(24)16-23-8-6-22(14-27)7-9-23/h3-9,15,19H,10-13,16-18H2,1-2H3. The number of aryl methyl sites for hydroxylation is 2. The summed E-state index contributed by atoms with van der Waals surface area (Å²) >= 11 is 0. The van der Waals surface area contributed by atoms with E-state index in [2.05, 4.69) is 20.5 Å². The summed E-state index contributed by atoms with van der Waals surface area (Å²) in [5.41, 5.74) is 6.29. The van der Waals surface area contributed by atoms with E-state index in [0.717, 1.165) is 47.6 Å². The number of imidazole rings is 1. The van der Waals surface area contributed by atoms with Gasteiger partial charge in [-0.3, -0.25) is 4.90 Å². The van der Waals surface area contributed by atoms with E-state index in [1.165, 1.54) is 0 Å². The van der Waals surface area contributed by atoms with Crippen LogP contribution >= 0.6 is 0 Å². The number of nitrogens with zero attached hydrogens (tertiary/aromatic N) is 5. The van der Waals surface area contributed by atoms with Gasteiger partial charge in [0.15, 0.2) is 0 Å². The lowest BCUT2D eigenvalue weighted by Crippen LogP contribution is -2.48. The van der Waals surface area contributed by atoms with Crippen LogP contribution < -0.4 is 0 Å². The Labute approximate surface area is 194 Å². The molecule has 7 nitrogen and oxygen atoms in total. The highest BCUT2D eigenvalue weighted by Crippen LogP contribution is 2.16. The Balaban J connectivity index is 1.27. The molecule has 0 radical (unpaired) electrons. The molecule has 2 aromatic carbocycles. The largest absolute Gasteiger partial charge is 0.445 e. The van der Waals surface area contributed by atoms with Gasteiger partial charge >= 0.3 is 6.09 Å². The highest BCUT2D eigenvalue weighted by atomic mass is 16.6. The summed E-state index contributed by atoms with van der Waals surface area (Å²) in [6.07, 6.45) is 3.49. The molecule has 1 fully saturated rings. The SMILES string of the molecule is Cc1cccc(C)c1COC(=O)N1CCN(Cc2cncn2Cc2ccc(C#N)cc2)CC1. The number of ether oxygens (including phenoxy) is 1. The monoisotopic (exact) mass is 443 g/mol. The van der Waals surface area contributed by atoms with Crippen LogP contribution in [0.4, 0.5) is 4.79 Å². The summed E-state index contributed by atoms with van der Waals surface area (Å²) in [6, 6.07) is 15.9. The molecule has 1 aromatic heterocycles. The summed E-state index contributed by atoms with van der Waals surface area (Å²) in [6.45, 7) is 8.77. The van der Waals surface area contributed by atoms with Crippen molar-refractivity contribution in [3.8, 4) is 6.07 Å². The Morgan fingerprint density at radius 2 is 1.73 bits per heavy atom. The van der Waals surface area contributed by atoms with Gasteiger partial charge in [-0.05, 0) is 48.2 Å². The number of piperazine rings is 1. The molecule has 4 rings (SSSR count). The number of hydrogen-bond donors (Lipinski definition) is 0. The van der Waals surface area contributed by atoms with Gasteiger partial charge in [-0.25, -0.2) is 9.78 Å². The molecule has 0 unspecified atom stereocenters. The van der Waals surface area contributed by atoms with Gasteiger partial charge in [0, 0.05) is 45.5 Å². The molecule has 7 heteroatoms. The highest BCUT2D eigenvalue weighted by Gasteiger charge is 2.23. The molecule has 1 aliphatic heterocycles. The number of nitriles is 1. The molecule has 0 bridgehead atoms. The number of aromatic nitrogens is 2. The van der Waals surface area contributed by atoms with Gasteiger partial charge in [-0.1, -0.05) is 30.3 Å². The van der Waals surface area contributed by atoms with E-state index in [1.54, 1.807) is 4.90 Å². The second-order valence-electron chi connectivity index (χ2n) is 8.51. The summed E-state index contributed by atoms with van der Waals surface area (Å²) in [4.78, 5) is 21.0. The van der Waals surface area contributed by atoms with E-state index in [9.17, 15) is 4.79 Å². The minimum atomic E-state index is -0.247. The van der Waals surface area contributed by atoms with Crippen molar-refractivity contribution in [3.05, 3.63) is 88.5 Å². The van der Waals surface area contributed by atoms with Gasteiger partial charge in [-0.2, -0.15) is 5.26 Å². The number of hydrogen-bond acceptors (Lipinski definition) is 5. The molecule has 3 aromatic rings. The second-order valence-corrected chi connectivity index (χ2v) is 8.51. The quantitative estimate of drug-likeness (QED) is 0.578. The third-order valence-electron chi connectivity index (χ3n) is 6.24. The predicted molar refractivity (Wildman–Crippen MR) is 125 cm³/mol. The van der Waals surface area contributed by atoms with Crippen LogP contribution in [0, 0.1) is 25.2 Å². The Hall–Kier alpha value is -3.63. The van der Waals surface area contributed by atoms with Crippen LogP contribution in [0.3, 0.4) is 0 Å². The van der Waals surface area contributed by atoms with E-state index in [0.29, 0.717) is 31.8 Å². The molecule has 33 heavy (non-hydrogen) atoms. The minimum absolute atomic E-state index is 0.247. The predicted octanol–water partition coefficient (Wildman–Crippen LogP) is 3.87. The first-order chi connectivity index (χ1) is 16.0. The molecule has 0 saturated carbocycles. The zero-order valence-electron chi connectivity index (χ0n) is 19.2. The highest BCUT2D eigenvalue weighted by molar-refractivity contribution is 5.67. The number of benzene rings is 2. The van der Waals surface area contributed by atoms with Gasteiger partial charge in [0.1, 0.15) is 6.61 Å². The van der Waals surface area contributed by atoms with E-state index < -0.39 is 0 Å². The van der Waals surface area contributed by atoms with Crippen LogP contribution in [0.2, 0.25) is 0 Å². The molecule has 170 valence electrons. The maximum Gasteiger partial charge on any atom is 0.410 e. The first-order valence-electron chi connectivity index (χ1n) is 11.2. The smallest absolute Gasteiger partial charge is 0.410 e. The van der Waals surface area contributed by atoms with E-state index in [4.69, 9.17) is 10.00 Å². The molecular weight excluding hydrogens is 414 g/mol. The Bertz CT molecular complexity index is 1120. The van der Waals surface area contributed by atoms with E-state index in [-0.39, 0.29) is 6.09 Å². The average Bonchev–Trinajstić information content (AvgIpc) is 3.26. The van der Waals surface area contributed by atoms with Crippen LogP contribution in [0.15, 0.2) is 55.0 Å².